The maximum atomic E-state index is 6.31. The van der Waals surface area contributed by atoms with Crippen LogP contribution >= 0.6 is 38.9 Å². The fourth-order valence-corrected chi connectivity index (χ4v) is 3.81. The molecule has 3 nitrogen and oxygen atoms in total. The minimum absolute atomic E-state index is 0.435. The van der Waals surface area contributed by atoms with Gasteiger partial charge in [-0.05, 0) is 39.9 Å². The fourth-order valence-electron chi connectivity index (χ4n) is 1.98. The number of thiophene rings is 1. The van der Waals surface area contributed by atoms with Gasteiger partial charge in [-0.15, -0.1) is 0 Å². The van der Waals surface area contributed by atoms with Gasteiger partial charge in [0.2, 0.25) is 0 Å². The third kappa shape index (κ3) is 2.30. The lowest BCUT2D eigenvalue weighted by atomic mass is 10.2. The van der Waals surface area contributed by atoms with Gasteiger partial charge < -0.3 is 4.74 Å². The first kappa shape index (κ1) is 13.8. The summed E-state index contributed by atoms with van der Waals surface area (Å²) in [6.45, 7) is 2.04. The molecule has 0 fully saturated rings. The van der Waals surface area contributed by atoms with Crippen LogP contribution in [0.2, 0.25) is 5.15 Å². The highest BCUT2D eigenvalue weighted by molar-refractivity contribution is 9.10. The second-order valence-electron chi connectivity index (χ2n) is 4.31. The van der Waals surface area contributed by atoms with Crippen molar-refractivity contribution in [3.8, 4) is 17.1 Å². The van der Waals surface area contributed by atoms with Crippen LogP contribution in [0.25, 0.3) is 22.3 Å². The maximum Gasteiger partial charge on any atom is 0.162 e. The van der Waals surface area contributed by atoms with E-state index in [0.29, 0.717) is 11.0 Å². The first-order chi connectivity index (χ1) is 9.60. The van der Waals surface area contributed by atoms with Crippen LogP contribution in [0.5, 0.6) is 5.75 Å². The second-order valence-corrected chi connectivity index (χ2v) is 6.27. The zero-order chi connectivity index (χ0) is 14.3. The number of aromatic nitrogens is 2. The number of fused-ring (bicyclic) bond motifs is 1. The van der Waals surface area contributed by atoms with Crippen LogP contribution in [0.3, 0.4) is 0 Å². The molecule has 0 atom stereocenters. The summed E-state index contributed by atoms with van der Waals surface area (Å²) in [6.07, 6.45) is 0. The molecule has 0 N–H and O–H groups in total. The van der Waals surface area contributed by atoms with Crippen LogP contribution in [0, 0.1) is 6.92 Å². The maximum absolute atomic E-state index is 6.31. The van der Waals surface area contributed by atoms with Crippen molar-refractivity contribution in [2.24, 2.45) is 0 Å². The molecule has 0 spiro atoms. The molecule has 0 radical (unpaired) electrons. The highest BCUT2D eigenvalue weighted by Gasteiger charge is 2.14. The normalized spacial score (nSPS) is 11.0. The minimum atomic E-state index is 0.435. The van der Waals surface area contributed by atoms with E-state index in [0.717, 1.165) is 32.3 Å². The van der Waals surface area contributed by atoms with E-state index in [4.69, 9.17) is 16.3 Å². The number of halogens is 2. The quantitative estimate of drug-likeness (QED) is 0.590. The molecule has 0 bridgehead atoms. The van der Waals surface area contributed by atoms with E-state index in [-0.39, 0.29) is 0 Å². The Bertz CT molecular complexity index is 803. The van der Waals surface area contributed by atoms with E-state index >= 15 is 0 Å². The van der Waals surface area contributed by atoms with Crippen molar-refractivity contribution in [3.63, 3.8) is 0 Å². The lowest BCUT2D eigenvalue weighted by Gasteiger charge is -2.08. The average Bonchev–Trinajstić information content (AvgIpc) is 2.83. The van der Waals surface area contributed by atoms with Crippen molar-refractivity contribution in [2.45, 2.75) is 6.92 Å². The standard InChI is InChI=1S/C14H10BrClN2OS/c1-7-5-20-6-9(7)14-17-11-4-8(19-2)3-10(15)12(11)13(16)18-14/h3-6H,1-2H3. The van der Waals surface area contributed by atoms with Gasteiger partial charge in [-0.1, -0.05) is 11.6 Å². The average molecular weight is 370 g/mol. The Morgan fingerprint density at radius 1 is 1.25 bits per heavy atom. The van der Waals surface area contributed by atoms with Gasteiger partial charge in [0.25, 0.3) is 0 Å². The second kappa shape index (κ2) is 5.31. The first-order valence-corrected chi connectivity index (χ1v) is 7.95. The Morgan fingerprint density at radius 2 is 2.05 bits per heavy atom. The zero-order valence-electron chi connectivity index (χ0n) is 10.8. The lowest BCUT2D eigenvalue weighted by Crippen LogP contribution is -1.94. The molecule has 0 aliphatic rings. The van der Waals surface area contributed by atoms with Crippen LogP contribution in [0.4, 0.5) is 0 Å². The highest BCUT2D eigenvalue weighted by atomic mass is 79.9. The summed E-state index contributed by atoms with van der Waals surface area (Å²) >= 11 is 11.4. The Labute approximate surface area is 133 Å². The van der Waals surface area contributed by atoms with Crippen LogP contribution in [-0.4, -0.2) is 17.1 Å². The van der Waals surface area contributed by atoms with Gasteiger partial charge in [-0.25, -0.2) is 9.97 Å². The van der Waals surface area contributed by atoms with Crippen LogP contribution < -0.4 is 4.74 Å². The molecule has 0 amide bonds. The van der Waals surface area contributed by atoms with Gasteiger partial charge in [0.1, 0.15) is 10.9 Å². The molecule has 2 heterocycles. The van der Waals surface area contributed by atoms with Crippen molar-refractivity contribution >= 4 is 49.8 Å². The number of hydrogen-bond donors (Lipinski definition) is 0. The Morgan fingerprint density at radius 3 is 2.70 bits per heavy atom. The van der Waals surface area contributed by atoms with Crippen LogP contribution in [0.1, 0.15) is 5.56 Å². The van der Waals surface area contributed by atoms with Gasteiger partial charge in [0.05, 0.1) is 18.0 Å². The van der Waals surface area contributed by atoms with Gasteiger partial charge in [-0.3, -0.25) is 0 Å². The Balaban J connectivity index is 2.30. The molecule has 0 aliphatic carbocycles. The molecule has 0 saturated carbocycles. The van der Waals surface area contributed by atoms with E-state index < -0.39 is 0 Å². The summed E-state index contributed by atoms with van der Waals surface area (Å²) in [4.78, 5) is 9.02. The predicted molar refractivity (Wildman–Crippen MR) is 86.9 cm³/mol. The molecule has 2 aromatic heterocycles. The van der Waals surface area contributed by atoms with E-state index in [1.165, 1.54) is 0 Å². The molecular formula is C14H10BrClN2OS. The molecule has 6 heteroatoms. The summed E-state index contributed by atoms with van der Waals surface area (Å²) < 4.78 is 6.09. The third-order valence-corrected chi connectivity index (χ3v) is 4.77. The molecule has 3 rings (SSSR count). The SMILES string of the molecule is COc1cc(Br)c2c(Cl)nc(-c3cscc3C)nc2c1. The molecule has 0 unspecified atom stereocenters. The number of ether oxygens (including phenoxy) is 1. The molecular weight excluding hydrogens is 360 g/mol. The molecule has 102 valence electrons. The number of methoxy groups -OCH3 is 1. The molecule has 3 aromatic rings. The number of hydrogen-bond acceptors (Lipinski definition) is 4. The zero-order valence-corrected chi connectivity index (χ0v) is 13.9. The summed E-state index contributed by atoms with van der Waals surface area (Å²) in [5.74, 6) is 1.37. The van der Waals surface area contributed by atoms with Crippen molar-refractivity contribution < 1.29 is 4.74 Å². The molecule has 0 aliphatic heterocycles. The number of rotatable bonds is 2. The fraction of sp³-hybridized carbons (Fsp3) is 0.143. The van der Waals surface area contributed by atoms with Crippen molar-refractivity contribution in [1.82, 2.24) is 9.97 Å². The summed E-state index contributed by atoms with van der Waals surface area (Å²) in [5.41, 5.74) is 2.92. The van der Waals surface area contributed by atoms with E-state index in [9.17, 15) is 0 Å². The van der Waals surface area contributed by atoms with Gasteiger partial charge in [-0.2, -0.15) is 11.3 Å². The Hall–Kier alpha value is -1.17. The summed E-state index contributed by atoms with van der Waals surface area (Å²) in [6, 6.07) is 3.71. The smallest absolute Gasteiger partial charge is 0.162 e. The van der Waals surface area contributed by atoms with Crippen molar-refractivity contribution in [3.05, 3.63) is 38.1 Å². The summed E-state index contributed by atoms with van der Waals surface area (Å²) in [5, 5.41) is 5.33. The van der Waals surface area contributed by atoms with Gasteiger partial charge in [0, 0.05) is 21.5 Å². The molecule has 0 saturated heterocycles. The minimum Gasteiger partial charge on any atom is -0.497 e. The van der Waals surface area contributed by atoms with Crippen molar-refractivity contribution in [2.75, 3.05) is 7.11 Å². The largest absolute Gasteiger partial charge is 0.497 e. The van der Waals surface area contributed by atoms with Gasteiger partial charge in [0.15, 0.2) is 5.82 Å². The lowest BCUT2D eigenvalue weighted by molar-refractivity contribution is 0.415. The number of aryl methyl sites for hydroxylation is 1. The highest BCUT2D eigenvalue weighted by Crippen LogP contribution is 2.35. The van der Waals surface area contributed by atoms with Gasteiger partial charge >= 0.3 is 0 Å². The van der Waals surface area contributed by atoms with Crippen LogP contribution in [0.15, 0.2) is 27.4 Å². The van der Waals surface area contributed by atoms with Crippen molar-refractivity contribution in [1.29, 1.82) is 0 Å². The molecule has 20 heavy (non-hydrogen) atoms. The van der Waals surface area contributed by atoms with Crippen LogP contribution in [-0.2, 0) is 0 Å². The predicted octanol–water partition coefficient (Wildman–Crippen LogP) is 5.09. The first-order valence-electron chi connectivity index (χ1n) is 5.84. The summed E-state index contributed by atoms with van der Waals surface area (Å²) in [7, 11) is 1.63. The number of nitrogens with zero attached hydrogens (tertiary/aromatic N) is 2. The Kier molecular flexibility index (Phi) is 3.67. The van der Waals surface area contributed by atoms with E-state index in [1.54, 1.807) is 18.4 Å². The monoisotopic (exact) mass is 368 g/mol. The van der Waals surface area contributed by atoms with E-state index in [2.05, 4.69) is 31.3 Å². The number of benzene rings is 1. The van der Waals surface area contributed by atoms with E-state index in [1.807, 2.05) is 24.4 Å². The molecule has 1 aromatic carbocycles. The topological polar surface area (TPSA) is 35.0 Å². The third-order valence-electron chi connectivity index (χ3n) is 3.01.